The van der Waals surface area contributed by atoms with E-state index >= 15 is 0 Å². The molecule has 0 unspecified atom stereocenters. The topological polar surface area (TPSA) is 26.0 Å². The molecule has 4 rings (SSSR count). The molecule has 112 valence electrons. The number of hydrogen-bond acceptors (Lipinski definition) is 2. The number of rotatable bonds is 3. The number of nitrogens with zero attached hydrogens (tertiary/aromatic N) is 1. The number of benzene rings is 2. The average Bonchev–Trinajstić information content (AvgIpc) is 3.20. The fourth-order valence-electron chi connectivity index (χ4n) is 2.74. The molecule has 1 heterocycles. The lowest BCUT2D eigenvalue weighted by Crippen LogP contribution is -1.82. The minimum atomic E-state index is 0.790. The summed E-state index contributed by atoms with van der Waals surface area (Å²) in [5.41, 5.74) is 5.79. The van der Waals surface area contributed by atoms with Gasteiger partial charge in [-0.25, -0.2) is 0 Å². The van der Waals surface area contributed by atoms with E-state index in [9.17, 15) is 0 Å². The molecule has 0 aliphatic heterocycles. The van der Waals surface area contributed by atoms with Gasteiger partial charge < -0.3 is 4.52 Å². The maximum Gasteiger partial charge on any atom is 0.167 e. The van der Waals surface area contributed by atoms with Gasteiger partial charge in [-0.3, -0.25) is 0 Å². The quantitative estimate of drug-likeness (QED) is 0.591. The molecule has 0 saturated heterocycles. The summed E-state index contributed by atoms with van der Waals surface area (Å²) in [6.45, 7) is 0. The van der Waals surface area contributed by atoms with Crippen molar-refractivity contribution in [3.63, 3.8) is 0 Å². The summed E-state index contributed by atoms with van der Waals surface area (Å²) in [6.07, 6.45) is 7.29. The van der Waals surface area contributed by atoms with Crippen molar-refractivity contribution >= 4 is 28.1 Å². The predicted octanol–water partition coefficient (Wildman–Crippen LogP) is 5.76. The SMILES string of the molecule is Brc1ccc2c(c1)CC(/C=C/c1cc(-c3ccccc3)on1)=C2. The maximum atomic E-state index is 5.42. The first-order valence-electron chi connectivity index (χ1n) is 7.47. The van der Waals surface area contributed by atoms with E-state index in [-0.39, 0.29) is 0 Å². The van der Waals surface area contributed by atoms with Crippen LogP contribution in [0.15, 0.2) is 75.2 Å². The van der Waals surface area contributed by atoms with Gasteiger partial charge in [0, 0.05) is 16.1 Å². The monoisotopic (exact) mass is 363 g/mol. The molecule has 0 N–H and O–H groups in total. The van der Waals surface area contributed by atoms with Gasteiger partial charge in [-0.1, -0.05) is 69.6 Å². The third kappa shape index (κ3) is 3.06. The third-order valence-corrected chi connectivity index (χ3v) is 4.39. The van der Waals surface area contributed by atoms with Crippen LogP contribution in [0.2, 0.25) is 0 Å². The molecule has 3 aromatic rings. The van der Waals surface area contributed by atoms with Crippen LogP contribution < -0.4 is 0 Å². The molecule has 23 heavy (non-hydrogen) atoms. The molecule has 2 nitrogen and oxygen atoms in total. The van der Waals surface area contributed by atoms with Crippen molar-refractivity contribution in [2.75, 3.05) is 0 Å². The summed E-state index contributed by atoms with van der Waals surface area (Å²) in [7, 11) is 0. The number of hydrogen-bond donors (Lipinski definition) is 0. The van der Waals surface area contributed by atoms with E-state index in [0.29, 0.717) is 0 Å². The molecule has 0 atom stereocenters. The Balaban J connectivity index is 1.52. The van der Waals surface area contributed by atoms with Gasteiger partial charge in [0.25, 0.3) is 0 Å². The summed E-state index contributed by atoms with van der Waals surface area (Å²) in [5.74, 6) is 0.790. The van der Waals surface area contributed by atoms with Crippen molar-refractivity contribution in [1.82, 2.24) is 5.16 Å². The van der Waals surface area contributed by atoms with Crippen molar-refractivity contribution in [2.24, 2.45) is 0 Å². The highest BCUT2D eigenvalue weighted by atomic mass is 79.9. The van der Waals surface area contributed by atoms with Gasteiger partial charge in [-0.15, -0.1) is 0 Å². The number of aromatic nitrogens is 1. The second-order valence-corrected chi connectivity index (χ2v) is 6.47. The zero-order valence-electron chi connectivity index (χ0n) is 12.4. The molecule has 0 spiro atoms. The second kappa shape index (κ2) is 6.01. The van der Waals surface area contributed by atoms with Crippen molar-refractivity contribution in [1.29, 1.82) is 0 Å². The first kappa shape index (κ1) is 14.2. The summed E-state index contributed by atoms with van der Waals surface area (Å²) in [4.78, 5) is 0. The van der Waals surface area contributed by atoms with Gasteiger partial charge in [0.15, 0.2) is 5.76 Å². The molecule has 0 fully saturated rings. The van der Waals surface area contributed by atoms with Crippen LogP contribution in [0, 0.1) is 0 Å². The van der Waals surface area contributed by atoms with E-state index in [0.717, 1.165) is 27.9 Å². The zero-order valence-corrected chi connectivity index (χ0v) is 14.0. The molecule has 1 aromatic heterocycles. The molecule has 0 bridgehead atoms. The second-order valence-electron chi connectivity index (χ2n) is 5.55. The van der Waals surface area contributed by atoms with Gasteiger partial charge in [-0.05, 0) is 41.3 Å². The van der Waals surface area contributed by atoms with Crippen LogP contribution in [0.3, 0.4) is 0 Å². The van der Waals surface area contributed by atoms with E-state index in [2.05, 4.69) is 51.4 Å². The first-order chi connectivity index (χ1) is 11.3. The van der Waals surface area contributed by atoms with Crippen LogP contribution in [0.25, 0.3) is 23.5 Å². The summed E-state index contributed by atoms with van der Waals surface area (Å²) >= 11 is 3.52. The van der Waals surface area contributed by atoms with E-state index in [1.807, 2.05) is 42.5 Å². The lowest BCUT2D eigenvalue weighted by molar-refractivity contribution is 0.430. The number of halogens is 1. The van der Waals surface area contributed by atoms with Crippen molar-refractivity contribution in [2.45, 2.75) is 6.42 Å². The molecular weight excluding hydrogens is 350 g/mol. The number of fused-ring (bicyclic) bond motifs is 1. The Bertz CT molecular complexity index is 906. The molecule has 0 saturated carbocycles. The van der Waals surface area contributed by atoms with Crippen LogP contribution in [-0.2, 0) is 6.42 Å². The van der Waals surface area contributed by atoms with Crippen LogP contribution in [0.1, 0.15) is 16.8 Å². The highest BCUT2D eigenvalue weighted by Gasteiger charge is 2.11. The smallest absolute Gasteiger partial charge is 0.167 e. The van der Waals surface area contributed by atoms with Crippen molar-refractivity contribution < 1.29 is 4.52 Å². The summed E-state index contributed by atoms with van der Waals surface area (Å²) < 4.78 is 6.54. The van der Waals surface area contributed by atoms with Crippen LogP contribution in [0.5, 0.6) is 0 Å². The Morgan fingerprint density at radius 2 is 1.87 bits per heavy atom. The molecule has 1 aliphatic carbocycles. The average molecular weight is 364 g/mol. The molecule has 0 amide bonds. The minimum absolute atomic E-state index is 0.790. The Kier molecular flexibility index (Phi) is 3.72. The van der Waals surface area contributed by atoms with Gasteiger partial charge >= 0.3 is 0 Å². The van der Waals surface area contributed by atoms with E-state index in [1.54, 1.807) is 0 Å². The first-order valence-corrected chi connectivity index (χ1v) is 8.26. The third-order valence-electron chi connectivity index (χ3n) is 3.90. The van der Waals surface area contributed by atoms with Gasteiger partial charge in [0.05, 0.1) is 0 Å². The van der Waals surface area contributed by atoms with E-state index in [4.69, 9.17) is 4.52 Å². The Labute approximate surface area is 143 Å². The van der Waals surface area contributed by atoms with E-state index < -0.39 is 0 Å². The zero-order chi connectivity index (χ0) is 15.6. The van der Waals surface area contributed by atoms with Crippen LogP contribution in [0.4, 0.5) is 0 Å². The fraction of sp³-hybridized carbons (Fsp3) is 0.0500. The largest absolute Gasteiger partial charge is 0.356 e. The molecule has 3 heteroatoms. The Morgan fingerprint density at radius 3 is 2.74 bits per heavy atom. The highest BCUT2D eigenvalue weighted by Crippen LogP contribution is 2.29. The molecule has 2 aromatic carbocycles. The molecule has 1 aliphatic rings. The van der Waals surface area contributed by atoms with Crippen LogP contribution >= 0.6 is 15.9 Å². The van der Waals surface area contributed by atoms with Crippen LogP contribution in [-0.4, -0.2) is 5.16 Å². The van der Waals surface area contributed by atoms with E-state index in [1.165, 1.54) is 16.7 Å². The fourth-order valence-corrected chi connectivity index (χ4v) is 3.15. The lowest BCUT2D eigenvalue weighted by atomic mass is 10.1. The van der Waals surface area contributed by atoms with Gasteiger partial charge in [0.2, 0.25) is 0 Å². The summed E-state index contributed by atoms with van der Waals surface area (Å²) in [5, 5.41) is 4.12. The van der Waals surface area contributed by atoms with Gasteiger partial charge in [0.1, 0.15) is 5.69 Å². The molecular formula is C20H14BrNO. The lowest BCUT2D eigenvalue weighted by Gasteiger charge is -1.97. The van der Waals surface area contributed by atoms with Gasteiger partial charge in [-0.2, -0.15) is 0 Å². The molecule has 0 radical (unpaired) electrons. The maximum absolute atomic E-state index is 5.42. The van der Waals surface area contributed by atoms with Crippen molar-refractivity contribution in [3.8, 4) is 11.3 Å². The normalized spacial score (nSPS) is 13.3. The summed E-state index contributed by atoms with van der Waals surface area (Å²) in [6, 6.07) is 18.4. The Morgan fingerprint density at radius 1 is 1.00 bits per heavy atom. The predicted molar refractivity (Wildman–Crippen MR) is 96.8 cm³/mol. The number of allylic oxidation sites excluding steroid dienone is 2. The Hall–Kier alpha value is -2.39. The highest BCUT2D eigenvalue weighted by molar-refractivity contribution is 9.10. The minimum Gasteiger partial charge on any atom is -0.356 e. The van der Waals surface area contributed by atoms with Crippen molar-refractivity contribution in [3.05, 3.63) is 87.5 Å². The standard InChI is InChI=1S/C20H14BrNO/c21-18-8-7-16-10-14(11-17(16)12-18)6-9-19-13-20(23-22-19)15-4-2-1-3-5-15/h1-10,12-13H,11H2/b9-6+.